The SMILES string of the molecule is N#CC1(Cc2ccc(Br)cc2[N+](=O)[O-])CCCCCCC1. The maximum atomic E-state index is 11.2. The normalized spacial score (nSPS) is 18.3. The van der Waals surface area contributed by atoms with Crippen molar-refractivity contribution in [2.24, 2.45) is 5.41 Å². The van der Waals surface area contributed by atoms with Gasteiger partial charge in [-0.1, -0.05) is 54.1 Å². The van der Waals surface area contributed by atoms with Crippen molar-refractivity contribution in [3.63, 3.8) is 0 Å². The van der Waals surface area contributed by atoms with E-state index in [1.54, 1.807) is 6.07 Å². The van der Waals surface area contributed by atoms with Crippen LogP contribution in [0.15, 0.2) is 22.7 Å². The summed E-state index contributed by atoms with van der Waals surface area (Å²) < 4.78 is 0.696. The smallest absolute Gasteiger partial charge is 0.258 e. The number of halogens is 1. The first-order valence-electron chi connectivity index (χ1n) is 7.40. The summed E-state index contributed by atoms with van der Waals surface area (Å²) in [5.74, 6) is 0. The van der Waals surface area contributed by atoms with Crippen LogP contribution in [0.3, 0.4) is 0 Å². The Morgan fingerprint density at radius 1 is 1.24 bits per heavy atom. The molecule has 1 fully saturated rings. The molecule has 1 saturated carbocycles. The highest BCUT2D eigenvalue weighted by molar-refractivity contribution is 9.10. The van der Waals surface area contributed by atoms with E-state index in [0.29, 0.717) is 16.5 Å². The Balaban J connectivity index is 2.29. The van der Waals surface area contributed by atoms with Crippen LogP contribution in [-0.4, -0.2) is 4.92 Å². The van der Waals surface area contributed by atoms with Gasteiger partial charge >= 0.3 is 0 Å². The Labute approximate surface area is 133 Å². The largest absolute Gasteiger partial charge is 0.273 e. The van der Waals surface area contributed by atoms with Crippen LogP contribution in [0.25, 0.3) is 0 Å². The van der Waals surface area contributed by atoms with Gasteiger partial charge in [-0.3, -0.25) is 10.1 Å². The molecule has 0 saturated heterocycles. The summed E-state index contributed by atoms with van der Waals surface area (Å²) in [7, 11) is 0. The average molecular weight is 351 g/mol. The Hall–Kier alpha value is -1.41. The van der Waals surface area contributed by atoms with Crippen molar-refractivity contribution >= 4 is 21.6 Å². The van der Waals surface area contributed by atoms with Crippen molar-refractivity contribution in [2.75, 3.05) is 0 Å². The monoisotopic (exact) mass is 350 g/mol. The molecular weight excluding hydrogens is 332 g/mol. The maximum absolute atomic E-state index is 11.2. The van der Waals surface area contributed by atoms with Gasteiger partial charge in [-0.25, -0.2) is 0 Å². The van der Waals surface area contributed by atoms with Gasteiger partial charge < -0.3 is 0 Å². The molecule has 1 aliphatic carbocycles. The molecule has 5 heteroatoms. The molecule has 1 aromatic rings. The number of hydrogen-bond donors (Lipinski definition) is 0. The van der Waals surface area contributed by atoms with Gasteiger partial charge in [0, 0.05) is 16.1 Å². The van der Waals surface area contributed by atoms with E-state index < -0.39 is 5.41 Å². The lowest BCUT2D eigenvalue weighted by Gasteiger charge is -2.28. The van der Waals surface area contributed by atoms with Crippen LogP contribution in [0.5, 0.6) is 0 Å². The number of nitro groups is 1. The zero-order valence-electron chi connectivity index (χ0n) is 12.0. The first-order valence-corrected chi connectivity index (χ1v) is 8.20. The van der Waals surface area contributed by atoms with Crippen molar-refractivity contribution in [3.05, 3.63) is 38.3 Å². The van der Waals surface area contributed by atoms with E-state index in [1.165, 1.54) is 12.5 Å². The molecule has 2 rings (SSSR count). The van der Waals surface area contributed by atoms with Gasteiger partial charge in [-0.2, -0.15) is 5.26 Å². The van der Waals surface area contributed by atoms with Gasteiger partial charge in [0.2, 0.25) is 0 Å². The fourth-order valence-corrected chi connectivity index (χ4v) is 3.48. The molecule has 0 heterocycles. The van der Waals surface area contributed by atoms with Gasteiger partial charge in [0.1, 0.15) is 0 Å². The van der Waals surface area contributed by atoms with Gasteiger partial charge in [-0.15, -0.1) is 0 Å². The van der Waals surface area contributed by atoms with Crippen LogP contribution in [0, 0.1) is 26.9 Å². The fourth-order valence-electron chi connectivity index (χ4n) is 3.13. The first kappa shape index (κ1) is 16.0. The van der Waals surface area contributed by atoms with E-state index in [4.69, 9.17) is 0 Å². The lowest BCUT2D eigenvalue weighted by molar-refractivity contribution is -0.385. The van der Waals surface area contributed by atoms with Gasteiger partial charge in [0.05, 0.1) is 16.4 Å². The van der Waals surface area contributed by atoms with E-state index in [2.05, 4.69) is 22.0 Å². The highest BCUT2D eigenvalue weighted by atomic mass is 79.9. The molecular formula is C16H19BrN2O2. The molecule has 0 N–H and O–H groups in total. The molecule has 0 bridgehead atoms. The molecule has 0 aromatic heterocycles. The number of nitrogens with zero attached hydrogens (tertiary/aromatic N) is 2. The van der Waals surface area contributed by atoms with E-state index in [0.717, 1.165) is 38.5 Å². The van der Waals surface area contributed by atoms with Crippen molar-refractivity contribution < 1.29 is 4.92 Å². The van der Waals surface area contributed by atoms with E-state index in [-0.39, 0.29) is 10.6 Å². The third-order valence-corrected chi connectivity index (χ3v) is 4.81. The molecule has 112 valence electrons. The number of hydrogen-bond acceptors (Lipinski definition) is 3. The third kappa shape index (κ3) is 4.04. The highest BCUT2D eigenvalue weighted by Gasteiger charge is 2.33. The predicted octanol–water partition coefficient (Wildman–Crippen LogP) is 5.15. The summed E-state index contributed by atoms with van der Waals surface area (Å²) in [5, 5.41) is 20.9. The number of rotatable bonds is 3. The number of nitro benzene ring substituents is 1. The molecule has 0 unspecified atom stereocenters. The number of benzene rings is 1. The van der Waals surface area contributed by atoms with Crippen molar-refractivity contribution in [1.29, 1.82) is 5.26 Å². The Morgan fingerprint density at radius 2 is 1.86 bits per heavy atom. The van der Waals surface area contributed by atoms with Crippen LogP contribution >= 0.6 is 15.9 Å². The van der Waals surface area contributed by atoms with Crippen molar-refractivity contribution in [3.8, 4) is 6.07 Å². The topological polar surface area (TPSA) is 66.9 Å². The van der Waals surface area contributed by atoms with Crippen molar-refractivity contribution in [1.82, 2.24) is 0 Å². The van der Waals surface area contributed by atoms with Crippen LogP contribution in [-0.2, 0) is 6.42 Å². The third-order valence-electron chi connectivity index (χ3n) is 4.32. The minimum Gasteiger partial charge on any atom is -0.258 e. The molecule has 1 aliphatic rings. The Bertz CT molecular complexity index is 558. The number of nitriles is 1. The summed E-state index contributed by atoms with van der Waals surface area (Å²) >= 11 is 3.27. The lowest BCUT2D eigenvalue weighted by atomic mass is 9.73. The van der Waals surface area contributed by atoms with Crippen LogP contribution in [0.1, 0.15) is 50.5 Å². The summed E-state index contributed by atoms with van der Waals surface area (Å²) in [6.45, 7) is 0. The summed E-state index contributed by atoms with van der Waals surface area (Å²) in [6.07, 6.45) is 7.80. The summed E-state index contributed by atoms with van der Waals surface area (Å²) in [6, 6.07) is 7.60. The molecule has 0 radical (unpaired) electrons. The molecule has 1 aromatic carbocycles. The van der Waals surface area contributed by atoms with Crippen LogP contribution < -0.4 is 0 Å². The minimum atomic E-state index is -0.445. The van der Waals surface area contributed by atoms with Crippen LogP contribution in [0.2, 0.25) is 0 Å². The molecule has 4 nitrogen and oxygen atoms in total. The van der Waals surface area contributed by atoms with E-state index in [9.17, 15) is 15.4 Å². The molecule has 0 spiro atoms. The first-order chi connectivity index (χ1) is 10.1. The van der Waals surface area contributed by atoms with Crippen molar-refractivity contribution in [2.45, 2.75) is 51.4 Å². The minimum absolute atomic E-state index is 0.112. The van der Waals surface area contributed by atoms with Gasteiger partial charge in [0.25, 0.3) is 5.69 Å². The van der Waals surface area contributed by atoms with Crippen LogP contribution in [0.4, 0.5) is 5.69 Å². The second-order valence-corrected chi connectivity index (χ2v) is 6.78. The van der Waals surface area contributed by atoms with E-state index >= 15 is 0 Å². The quantitative estimate of drug-likeness (QED) is 0.558. The zero-order valence-corrected chi connectivity index (χ0v) is 13.6. The second kappa shape index (κ2) is 7.04. The van der Waals surface area contributed by atoms with Gasteiger partial charge in [-0.05, 0) is 25.3 Å². The molecule has 0 atom stereocenters. The predicted molar refractivity (Wildman–Crippen MR) is 84.9 cm³/mol. The molecule has 0 amide bonds. The second-order valence-electron chi connectivity index (χ2n) is 5.87. The lowest BCUT2D eigenvalue weighted by Crippen LogP contribution is -2.23. The zero-order chi connectivity index (χ0) is 15.3. The standard InChI is InChI=1S/C16H19BrN2O2/c17-14-7-6-13(15(10-14)19(20)21)11-16(12-18)8-4-2-1-3-5-9-16/h6-7,10H,1-5,8-9,11H2. The molecule has 21 heavy (non-hydrogen) atoms. The summed E-state index contributed by atoms with van der Waals surface area (Å²) in [4.78, 5) is 10.9. The maximum Gasteiger partial charge on any atom is 0.273 e. The fraction of sp³-hybridized carbons (Fsp3) is 0.562. The Kier molecular flexibility index (Phi) is 5.35. The van der Waals surface area contributed by atoms with Gasteiger partial charge in [0.15, 0.2) is 0 Å². The summed E-state index contributed by atoms with van der Waals surface area (Å²) in [5.41, 5.74) is 0.338. The Morgan fingerprint density at radius 3 is 2.43 bits per heavy atom. The van der Waals surface area contributed by atoms with E-state index in [1.807, 2.05) is 6.07 Å². The highest BCUT2D eigenvalue weighted by Crippen LogP contribution is 2.39. The average Bonchev–Trinajstić information content (AvgIpc) is 2.43. The molecule has 0 aliphatic heterocycles.